The Morgan fingerprint density at radius 3 is 2.44 bits per heavy atom. The molecule has 0 bridgehead atoms. The minimum atomic E-state index is -3.54. The fourth-order valence-corrected chi connectivity index (χ4v) is 3.95. The molecule has 0 spiro atoms. The second-order valence-corrected chi connectivity index (χ2v) is 7.97. The summed E-state index contributed by atoms with van der Waals surface area (Å²) in [5.74, 6) is -0.286. The Morgan fingerprint density at radius 2 is 1.70 bits per heavy atom. The molecule has 0 saturated carbocycles. The van der Waals surface area contributed by atoms with Gasteiger partial charge in [0, 0.05) is 18.4 Å². The van der Waals surface area contributed by atoms with E-state index in [0.717, 1.165) is 11.1 Å². The molecule has 2 aromatic carbocycles. The van der Waals surface area contributed by atoms with Gasteiger partial charge in [-0.25, -0.2) is 8.42 Å². The lowest BCUT2D eigenvalue weighted by atomic mass is 10.1. The topological polar surface area (TPSA) is 78.8 Å². The van der Waals surface area contributed by atoms with Gasteiger partial charge in [0.2, 0.25) is 0 Å². The summed E-state index contributed by atoms with van der Waals surface area (Å²) in [5.41, 5.74) is 2.99. The Bertz CT molecular complexity index is 1070. The molecule has 6 nitrogen and oxygen atoms in total. The normalized spacial score (nSPS) is 17.6. The Balaban J connectivity index is 1.55. The number of amides is 1. The van der Waals surface area contributed by atoms with E-state index >= 15 is 0 Å². The second kappa shape index (κ2) is 6.85. The Labute approximate surface area is 157 Å². The summed E-state index contributed by atoms with van der Waals surface area (Å²) in [7, 11) is -3.54. The third kappa shape index (κ3) is 3.68. The van der Waals surface area contributed by atoms with Crippen molar-refractivity contribution in [2.75, 3.05) is 17.6 Å². The monoisotopic (exact) mass is 379 g/mol. The number of nitrogens with one attached hydrogen (secondary N) is 1. The van der Waals surface area contributed by atoms with Crippen LogP contribution in [-0.2, 0) is 14.8 Å². The predicted octanol–water partition coefficient (Wildman–Crippen LogP) is 2.79. The van der Waals surface area contributed by atoms with Gasteiger partial charge in [0.25, 0.3) is 15.9 Å². The maximum Gasteiger partial charge on any atom is 0.259 e. The highest BCUT2D eigenvalue weighted by Crippen LogP contribution is 2.23. The van der Waals surface area contributed by atoms with Crippen LogP contribution < -0.4 is 5.32 Å². The number of amidine groups is 1. The molecule has 0 aliphatic carbocycles. The molecule has 1 N–H and O–H groups in total. The Morgan fingerprint density at radius 1 is 1.00 bits per heavy atom. The zero-order valence-corrected chi connectivity index (χ0v) is 15.2. The van der Waals surface area contributed by atoms with Gasteiger partial charge in [-0.05, 0) is 35.4 Å². The minimum absolute atomic E-state index is 0.0588. The van der Waals surface area contributed by atoms with Crippen molar-refractivity contribution >= 4 is 27.5 Å². The lowest BCUT2D eigenvalue weighted by Crippen LogP contribution is -2.40. The molecule has 2 aromatic rings. The maximum atomic E-state index is 12.7. The summed E-state index contributed by atoms with van der Waals surface area (Å²) in [4.78, 5) is 14.3. The van der Waals surface area contributed by atoms with Crippen LogP contribution in [0.2, 0.25) is 0 Å². The van der Waals surface area contributed by atoms with E-state index in [0.29, 0.717) is 5.69 Å². The number of hydrogen-bond donors (Lipinski definition) is 1. The number of carbonyl (C=O) groups excluding carboxylic acids is 1. The second-order valence-electron chi connectivity index (χ2n) is 6.21. The number of nitrogens with zero attached hydrogens (tertiary/aromatic N) is 2. The molecule has 0 unspecified atom stereocenters. The minimum Gasteiger partial charge on any atom is -0.331 e. The van der Waals surface area contributed by atoms with Gasteiger partial charge in [0.1, 0.15) is 0 Å². The van der Waals surface area contributed by atoms with Crippen molar-refractivity contribution in [1.82, 2.24) is 4.90 Å². The van der Waals surface area contributed by atoms with Crippen molar-refractivity contribution < 1.29 is 13.2 Å². The lowest BCUT2D eigenvalue weighted by Gasteiger charge is -2.28. The van der Waals surface area contributed by atoms with Crippen LogP contribution in [0.15, 0.2) is 82.9 Å². The van der Waals surface area contributed by atoms with Gasteiger partial charge in [-0.3, -0.25) is 4.79 Å². The molecule has 0 saturated heterocycles. The molecule has 7 heteroatoms. The molecule has 0 radical (unpaired) electrons. The standard InChI is InChI=1S/C20H17N3O3S/c24-20(18-7-4-12-23-13-14-27(25,26)22-19(18)23)21-17-10-8-16(9-11-17)15-5-2-1-3-6-15/h1-12H,13-14H2,(H,21,24). The van der Waals surface area contributed by atoms with Crippen LogP contribution in [0.5, 0.6) is 0 Å². The van der Waals surface area contributed by atoms with E-state index < -0.39 is 15.9 Å². The summed E-state index contributed by atoms with van der Waals surface area (Å²) >= 11 is 0. The van der Waals surface area contributed by atoms with Crippen molar-refractivity contribution in [3.63, 3.8) is 0 Å². The molecule has 1 amide bonds. The van der Waals surface area contributed by atoms with Gasteiger partial charge in [-0.2, -0.15) is 0 Å². The number of carbonyl (C=O) groups is 1. The molecule has 0 fully saturated rings. The van der Waals surface area contributed by atoms with Gasteiger partial charge in [0.05, 0.1) is 11.3 Å². The average Bonchev–Trinajstić information content (AvgIpc) is 2.68. The fourth-order valence-electron chi connectivity index (χ4n) is 2.97. The molecule has 27 heavy (non-hydrogen) atoms. The summed E-state index contributed by atoms with van der Waals surface area (Å²) in [5, 5.41) is 2.81. The number of hydrogen-bond acceptors (Lipinski definition) is 4. The quantitative estimate of drug-likeness (QED) is 0.889. The summed E-state index contributed by atoms with van der Waals surface area (Å²) < 4.78 is 27.4. The van der Waals surface area contributed by atoms with Gasteiger partial charge in [0.15, 0.2) is 5.84 Å². The molecule has 136 valence electrons. The number of benzene rings is 2. The van der Waals surface area contributed by atoms with Crippen LogP contribution >= 0.6 is 0 Å². The van der Waals surface area contributed by atoms with E-state index in [-0.39, 0.29) is 23.7 Å². The number of anilines is 1. The number of rotatable bonds is 3. The SMILES string of the molecule is O=C(Nc1ccc(-c2ccccc2)cc1)C1=CC=CN2CCS(=O)(=O)N=C12. The first kappa shape index (κ1) is 17.2. The zero-order chi connectivity index (χ0) is 18.9. The highest BCUT2D eigenvalue weighted by atomic mass is 32.2. The van der Waals surface area contributed by atoms with E-state index in [4.69, 9.17) is 0 Å². The van der Waals surface area contributed by atoms with Crippen LogP contribution in [0.25, 0.3) is 11.1 Å². The first-order valence-corrected chi connectivity index (χ1v) is 10.1. The fraction of sp³-hybridized carbons (Fsp3) is 0.100. The first-order chi connectivity index (χ1) is 13.0. The highest BCUT2D eigenvalue weighted by Gasteiger charge is 2.29. The van der Waals surface area contributed by atoms with Gasteiger partial charge < -0.3 is 10.2 Å². The maximum absolute atomic E-state index is 12.7. The molecular formula is C20H17N3O3S. The van der Waals surface area contributed by atoms with Crippen LogP contribution in [0, 0.1) is 0 Å². The van der Waals surface area contributed by atoms with E-state index in [9.17, 15) is 13.2 Å². The molecule has 0 atom stereocenters. The zero-order valence-electron chi connectivity index (χ0n) is 14.4. The Kier molecular flexibility index (Phi) is 4.37. The van der Waals surface area contributed by atoms with Crippen molar-refractivity contribution in [1.29, 1.82) is 0 Å². The van der Waals surface area contributed by atoms with Crippen molar-refractivity contribution in [3.8, 4) is 11.1 Å². The van der Waals surface area contributed by atoms with Crippen LogP contribution in [0.1, 0.15) is 0 Å². The van der Waals surface area contributed by atoms with Crippen molar-refractivity contribution in [2.24, 2.45) is 4.40 Å². The van der Waals surface area contributed by atoms with Gasteiger partial charge in [-0.15, -0.1) is 4.40 Å². The lowest BCUT2D eigenvalue weighted by molar-refractivity contribution is -0.112. The molecular weight excluding hydrogens is 362 g/mol. The molecule has 0 aromatic heterocycles. The summed E-state index contributed by atoms with van der Waals surface area (Å²) in [6, 6.07) is 17.4. The molecule has 2 aliphatic rings. The smallest absolute Gasteiger partial charge is 0.259 e. The largest absolute Gasteiger partial charge is 0.331 e. The van der Waals surface area contributed by atoms with E-state index in [2.05, 4.69) is 9.71 Å². The summed E-state index contributed by atoms with van der Waals surface area (Å²) in [6.45, 7) is 0.286. The highest BCUT2D eigenvalue weighted by molar-refractivity contribution is 7.90. The third-order valence-corrected chi connectivity index (χ3v) is 5.50. The average molecular weight is 379 g/mol. The van der Waals surface area contributed by atoms with Gasteiger partial charge >= 0.3 is 0 Å². The molecule has 2 aliphatic heterocycles. The number of allylic oxidation sites excluding steroid dienone is 2. The van der Waals surface area contributed by atoms with Crippen LogP contribution in [-0.4, -0.2) is 37.4 Å². The number of sulfonamides is 1. The van der Waals surface area contributed by atoms with E-state index in [1.165, 1.54) is 0 Å². The Hall–Kier alpha value is -3.19. The predicted molar refractivity (Wildman–Crippen MR) is 106 cm³/mol. The van der Waals surface area contributed by atoms with Gasteiger partial charge in [-0.1, -0.05) is 42.5 Å². The van der Waals surface area contributed by atoms with Crippen molar-refractivity contribution in [3.05, 3.63) is 78.5 Å². The first-order valence-electron chi connectivity index (χ1n) is 8.47. The van der Waals surface area contributed by atoms with E-state index in [1.807, 2.05) is 54.6 Å². The number of fused-ring (bicyclic) bond motifs is 1. The van der Waals surface area contributed by atoms with Crippen LogP contribution in [0.4, 0.5) is 5.69 Å². The molecule has 2 heterocycles. The van der Waals surface area contributed by atoms with E-state index in [1.54, 1.807) is 23.3 Å². The summed E-state index contributed by atoms with van der Waals surface area (Å²) in [6.07, 6.45) is 5.01. The third-order valence-electron chi connectivity index (χ3n) is 4.35. The molecule has 4 rings (SSSR count). The van der Waals surface area contributed by atoms with Crippen LogP contribution in [0.3, 0.4) is 0 Å². The van der Waals surface area contributed by atoms with Crippen molar-refractivity contribution in [2.45, 2.75) is 0 Å².